The average Bonchev–Trinajstić information content (AvgIpc) is 2.99. The van der Waals surface area contributed by atoms with Gasteiger partial charge in [0.15, 0.2) is 0 Å². The van der Waals surface area contributed by atoms with E-state index >= 15 is 0 Å². The molecule has 1 fully saturated rings. The van der Waals surface area contributed by atoms with E-state index < -0.39 is 0 Å². The van der Waals surface area contributed by atoms with Crippen molar-refractivity contribution in [3.63, 3.8) is 0 Å². The first-order valence-corrected chi connectivity index (χ1v) is 8.01. The van der Waals surface area contributed by atoms with Crippen LogP contribution in [0.3, 0.4) is 0 Å². The van der Waals surface area contributed by atoms with E-state index in [-0.39, 0.29) is 17.4 Å². The largest absolute Gasteiger partial charge is 0.346 e. The Hall–Kier alpha value is -0.940. The van der Waals surface area contributed by atoms with Crippen LogP contribution >= 0.6 is 11.3 Å². The van der Waals surface area contributed by atoms with Gasteiger partial charge in [-0.15, -0.1) is 11.3 Å². The zero-order valence-electron chi connectivity index (χ0n) is 11.7. The fraction of sp³-hybridized carbons (Fsp3) is 0.714. The van der Waals surface area contributed by atoms with Crippen molar-refractivity contribution in [1.29, 1.82) is 0 Å². The summed E-state index contributed by atoms with van der Waals surface area (Å²) in [7, 11) is 0. The predicted molar refractivity (Wildman–Crippen MR) is 78.1 cm³/mol. The van der Waals surface area contributed by atoms with Crippen molar-refractivity contribution < 1.29 is 4.79 Å². The SMILES string of the molecule is CCC(NC(=O)C1(CC)CCNCC1)c1nccs1. The minimum Gasteiger partial charge on any atom is -0.346 e. The first-order chi connectivity index (χ1) is 9.22. The van der Waals surface area contributed by atoms with Gasteiger partial charge in [0.2, 0.25) is 5.91 Å². The van der Waals surface area contributed by atoms with Crippen molar-refractivity contribution in [2.75, 3.05) is 13.1 Å². The molecule has 1 aromatic heterocycles. The number of aromatic nitrogens is 1. The van der Waals surface area contributed by atoms with Gasteiger partial charge in [-0.2, -0.15) is 0 Å². The van der Waals surface area contributed by atoms with Gasteiger partial charge in [0.1, 0.15) is 5.01 Å². The number of carbonyl (C=O) groups excluding carboxylic acids is 1. The van der Waals surface area contributed by atoms with E-state index in [9.17, 15) is 4.79 Å². The lowest BCUT2D eigenvalue weighted by atomic mass is 9.75. The molecule has 0 aromatic carbocycles. The molecule has 0 spiro atoms. The summed E-state index contributed by atoms with van der Waals surface area (Å²) in [5.74, 6) is 0.207. The minimum atomic E-state index is -0.185. The number of piperidine rings is 1. The van der Waals surface area contributed by atoms with Gasteiger partial charge in [-0.1, -0.05) is 13.8 Å². The molecule has 1 aliphatic heterocycles. The van der Waals surface area contributed by atoms with Crippen LogP contribution < -0.4 is 10.6 Å². The molecule has 1 aromatic rings. The third-order valence-electron chi connectivity index (χ3n) is 4.18. The first-order valence-electron chi connectivity index (χ1n) is 7.13. The maximum Gasteiger partial charge on any atom is 0.226 e. The standard InChI is InChI=1S/C14H23N3OS/c1-3-11(12-16-9-10-19-12)17-13(18)14(4-2)5-7-15-8-6-14/h9-11,15H,3-8H2,1-2H3,(H,17,18). The van der Waals surface area contributed by atoms with Crippen LogP contribution in [0.15, 0.2) is 11.6 Å². The molecule has 0 bridgehead atoms. The summed E-state index contributed by atoms with van der Waals surface area (Å²) in [6, 6.07) is 0.0609. The van der Waals surface area contributed by atoms with Gasteiger partial charge in [-0.25, -0.2) is 4.98 Å². The van der Waals surface area contributed by atoms with Crippen molar-refractivity contribution in [2.45, 2.75) is 45.6 Å². The number of hydrogen-bond acceptors (Lipinski definition) is 4. The number of thiazole rings is 1. The lowest BCUT2D eigenvalue weighted by Gasteiger charge is -2.36. The van der Waals surface area contributed by atoms with Gasteiger partial charge in [0, 0.05) is 11.6 Å². The summed E-state index contributed by atoms with van der Waals surface area (Å²) in [4.78, 5) is 17.0. The second-order valence-electron chi connectivity index (χ2n) is 5.19. The molecule has 0 aliphatic carbocycles. The zero-order valence-corrected chi connectivity index (χ0v) is 12.6. The minimum absolute atomic E-state index is 0.0609. The van der Waals surface area contributed by atoms with E-state index in [4.69, 9.17) is 0 Å². The zero-order chi connectivity index (χ0) is 13.7. The van der Waals surface area contributed by atoms with E-state index in [0.717, 1.165) is 43.8 Å². The first kappa shape index (κ1) is 14.5. The molecule has 1 atom stereocenters. The highest BCUT2D eigenvalue weighted by atomic mass is 32.1. The van der Waals surface area contributed by atoms with Crippen LogP contribution in [-0.4, -0.2) is 24.0 Å². The van der Waals surface area contributed by atoms with Crippen LogP contribution in [0.2, 0.25) is 0 Å². The van der Waals surface area contributed by atoms with Gasteiger partial charge >= 0.3 is 0 Å². The van der Waals surface area contributed by atoms with Crippen LogP contribution in [-0.2, 0) is 4.79 Å². The number of nitrogens with one attached hydrogen (secondary N) is 2. The van der Waals surface area contributed by atoms with E-state index in [1.54, 1.807) is 17.5 Å². The van der Waals surface area contributed by atoms with Crippen LogP contribution in [0.4, 0.5) is 0 Å². The molecule has 5 heteroatoms. The Bertz CT molecular complexity index is 399. The number of carbonyl (C=O) groups is 1. The van der Waals surface area contributed by atoms with Crippen LogP contribution in [0, 0.1) is 5.41 Å². The van der Waals surface area contributed by atoms with E-state index in [0.29, 0.717) is 0 Å². The molecular formula is C14H23N3OS. The van der Waals surface area contributed by atoms with Gasteiger partial charge < -0.3 is 10.6 Å². The molecule has 1 unspecified atom stereocenters. The third-order valence-corrected chi connectivity index (χ3v) is 5.07. The smallest absolute Gasteiger partial charge is 0.226 e. The maximum atomic E-state index is 12.7. The average molecular weight is 281 g/mol. The molecule has 1 aliphatic rings. The van der Waals surface area contributed by atoms with E-state index in [2.05, 4.69) is 29.5 Å². The molecule has 4 nitrogen and oxygen atoms in total. The van der Waals surface area contributed by atoms with Crippen LogP contribution in [0.25, 0.3) is 0 Å². The van der Waals surface area contributed by atoms with Gasteiger partial charge in [-0.3, -0.25) is 4.79 Å². The predicted octanol–water partition coefficient (Wildman–Crippen LogP) is 2.49. The number of rotatable bonds is 5. The molecule has 0 saturated carbocycles. The van der Waals surface area contributed by atoms with E-state index in [1.807, 2.05) is 5.38 Å². The van der Waals surface area contributed by atoms with Crippen molar-refractivity contribution in [2.24, 2.45) is 5.41 Å². The topological polar surface area (TPSA) is 54.0 Å². The summed E-state index contributed by atoms with van der Waals surface area (Å²) in [5.41, 5.74) is -0.185. The number of amides is 1. The molecule has 0 radical (unpaired) electrons. The van der Waals surface area contributed by atoms with Crippen molar-refractivity contribution in [3.05, 3.63) is 16.6 Å². The summed E-state index contributed by atoms with van der Waals surface area (Å²) >= 11 is 1.61. The van der Waals surface area contributed by atoms with Crippen molar-refractivity contribution in [1.82, 2.24) is 15.6 Å². The van der Waals surface area contributed by atoms with Gasteiger partial charge in [-0.05, 0) is 38.8 Å². The summed E-state index contributed by atoms with van der Waals surface area (Å²) in [5, 5.41) is 9.52. The summed E-state index contributed by atoms with van der Waals surface area (Å²) < 4.78 is 0. The Morgan fingerprint density at radius 2 is 2.26 bits per heavy atom. The molecule has 1 saturated heterocycles. The van der Waals surface area contributed by atoms with Gasteiger partial charge in [0.25, 0.3) is 0 Å². The summed E-state index contributed by atoms with van der Waals surface area (Å²) in [6.45, 7) is 6.09. The molecular weight excluding hydrogens is 258 g/mol. The highest BCUT2D eigenvalue weighted by Crippen LogP contribution is 2.34. The molecule has 106 valence electrons. The second-order valence-corrected chi connectivity index (χ2v) is 6.11. The number of nitrogens with zero attached hydrogens (tertiary/aromatic N) is 1. The number of hydrogen-bond donors (Lipinski definition) is 2. The van der Waals surface area contributed by atoms with Crippen molar-refractivity contribution >= 4 is 17.2 Å². The molecule has 2 rings (SSSR count). The summed E-state index contributed by atoms with van der Waals surface area (Å²) in [6.07, 6.45) is 5.47. The fourth-order valence-corrected chi connectivity index (χ4v) is 3.48. The maximum absolute atomic E-state index is 12.7. The van der Waals surface area contributed by atoms with Gasteiger partial charge in [0.05, 0.1) is 11.5 Å². The fourth-order valence-electron chi connectivity index (χ4n) is 2.70. The molecule has 2 N–H and O–H groups in total. The third kappa shape index (κ3) is 3.15. The van der Waals surface area contributed by atoms with E-state index in [1.165, 1.54) is 0 Å². The van der Waals surface area contributed by atoms with Crippen molar-refractivity contribution in [3.8, 4) is 0 Å². The van der Waals surface area contributed by atoms with Crippen LogP contribution in [0.1, 0.15) is 50.6 Å². The Balaban J connectivity index is 2.06. The lowest BCUT2D eigenvalue weighted by Crippen LogP contribution is -2.48. The lowest BCUT2D eigenvalue weighted by molar-refractivity contribution is -0.133. The normalized spacial score (nSPS) is 19.9. The molecule has 1 amide bonds. The highest BCUT2D eigenvalue weighted by Gasteiger charge is 2.38. The van der Waals surface area contributed by atoms with Crippen LogP contribution in [0.5, 0.6) is 0 Å². The molecule has 2 heterocycles. The highest BCUT2D eigenvalue weighted by molar-refractivity contribution is 7.09. The monoisotopic (exact) mass is 281 g/mol. The quantitative estimate of drug-likeness (QED) is 0.872. The Kier molecular flexibility index (Phi) is 4.93. The Morgan fingerprint density at radius 3 is 2.79 bits per heavy atom. The Morgan fingerprint density at radius 1 is 1.53 bits per heavy atom. The molecule has 19 heavy (non-hydrogen) atoms. The second kappa shape index (κ2) is 6.48. The Labute approximate surface area is 119 Å².